The molecule has 1 saturated heterocycles. The third kappa shape index (κ3) is 4.02. The van der Waals surface area contributed by atoms with E-state index in [1.165, 1.54) is 23.8 Å². The van der Waals surface area contributed by atoms with Gasteiger partial charge in [-0.15, -0.1) is 0 Å². The highest BCUT2D eigenvalue weighted by molar-refractivity contribution is 7.89. The largest absolute Gasteiger partial charge is 0.495 e. The van der Waals surface area contributed by atoms with Crippen LogP contribution < -0.4 is 9.47 Å². The van der Waals surface area contributed by atoms with E-state index in [2.05, 4.69) is 9.97 Å². The van der Waals surface area contributed by atoms with Crippen molar-refractivity contribution in [2.75, 3.05) is 20.2 Å². The molecular weight excluding hydrogens is 366 g/mol. The highest BCUT2D eigenvalue weighted by atomic mass is 35.5. The monoisotopic (exact) mass is 383 g/mol. The van der Waals surface area contributed by atoms with Crippen LogP contribution in [0.15, 0.2) is 41.7 Å². The summed E-state index contributed by atoms with van der Waals surface area (Å²) < 4.78 is 38.4. The minimum atomic E-state index is -3.74. The number of nitrogens with zero attached hydrogens (tertiary/aromatic N) is 3. The van der Waals surface area contributed by atoms with Crippen LogP contribution in [-0.2, 0) is 10.0 Å². The van der Waals surface area contributed by atoms with Gasteiger partial charge in [0.2, 0.25) is 15.9 Å². The first-order valence-electron chi connectivity index (χ1n) is 7.77. The van der Waals surface area contributed by atoms with E-state index < -0.39 is 10.0 Å². The Balaban J connectivity index is 1.81. The Labute approximate surface area is 151 Å². The highest BCUT2D eigenvalue weighted by Gasteiger charge is 2.33. The van der Waals surface area contributed by atoms with Gasteiger partial charge in [-0.1, -0.05) is 11.6 Å². The van der Waals surface area contributed by atoms with Crippen LogP contribution in [-0.4, -0.2) is 49.0 Å². The predicted octanol–water partition coefficient (Wildman–Crippen LogP) is 2.37. The smallest absolute Gasteiger partial charge is 0.246 e. The molecule has 1 atom stereocenters. The molecule has 3 rings (SSSR count). The number of rotatable bonds is 5. The van der Waals surface area contributed by atoms with E-state index in [4.69, 9.17) is 21.1 Å². The molecule has 0 aliphatic carbocycles. The topological polar surface area (TPSA) is 81.6 Å². The minimum Gasteiger partial charge on any atom is -0.495 e. The lowest BCUT2D eigenvalue weighted by molar-refractivity contribution is 0.124. The summed E-state index contributed by atoms with van der Waals surface area (Å²) in [5, 5.41) is 0.338. The molecule has 1 aliphatic heterocycles. The zero-order valence-electron chi connectivity index (χ0n) is 13.6. The van der Waals surface area contributed by atoms with Gasteiger partial charge in [-0.3, -0.25) is 0 Å². The van der Waals surface area contributed by atoms with Crippen molar-refractivity contribution in [2.24, 2.45) is 0 Å². The van der Waals surface area contributed by atoms with Gasteiger partial charge < -0.3 is 9.47 Å². The predicted molar refractivity (Wildman–Crippen MR) is 92.4 cm³/mol. The Morgan fingerprint density at radius 1 is 1.32 bits per heavy atom. The van der Waals surface area contributed by atoms with E-state index in [-0.39, 0.29) is 23.3 Å². The number of hydrogen-bond acceptors (Lipinski definition) is 6. The minimum absolute atomic E-state index is 0.0604. The molecular formula is C16H18ClN3O4S. The second kappa shape index (κ2) is 7.55. The Hall–Kier alpha value is -1.90. The molecule has 0 radical (unpaired) electrons. The lowest BCUT2D eigenvalue weighted by Gasteiger charge is -2.32. The molecule has 134 valence electrons. The summed E-state index contributed by atoms with van der Waals surface area (Å²) in [7, 11) is -2.31. The summed E-state index contributed by atoms with van der Waals surface area (Å²) in [6.07, 6.45) is 4.14. The maximum atomic E-state index is 13.0. The molecule has 2 heterocycles. The van der Waals surface area contributed by atoms with E-state index in [1.54, 1.807) is 24.4 Å². The second-order valence-corrected chi connectivity index (χ2v) is 7.93. The molecule has 7 nitrogen and oxygen atoms in total. The number of sulfonamides is 1. The molecule has 0 spiro atoms. The standard InChI is InChI=1S/C16H18ClN3O4S/c1-23-14-5-4-12(17)9-15(14)25(21,22)20-8-2-3-13(10-20)24-16-6-7-18-11-19-16/h4-7,9,11,13H,2-3,8,10H2,1H3/t13-/m1/s1. The van der Waals surface area contributed by atoms with Crippen LogP contribution in [0.25, 0.3) is 0 Å². The van der Waals surface area contributed by atoms with Gasteiger partial charge in [-0.05, 0) is 31.0 Å². The van der Waals surface area contributed by atoms with Crippen LogP contribution in [0, 0.1) is 0 Å². The fourth-order valence-corrected chi connectivity index (χ4v) is 4.66. The van der Waals surface area contributed by atoms with Crippen molar-refractivity contribution < 1.29 is 17.9 Å². The average molecular weight is 384 g/mol. The third-order valence-electron chi connectivity index (χ3n) is 3.93. The normalized spacial score (nSPS) is 18.7. The number of hydrogen-bond donors (Lipinski definition) is 0. The molecule has 1 aliphatic rings. The van der Waals surface area contributed by atoms with Gasteiger partial charge in [0.25, 0.3) is 0 Å². The maximum absolute atomic E-state index is 13.0. The number of halogens is 1. The fraction of sp³-hybridized carbons (Fsp3) is 0.375. The van der Waals surface area contributed by atoms with Crippen LogP contribution in [0.5, 0.6) is 11.6 Å². The maximum Gasteiger partial charge on any atom is 0.246 e. The number of piperidine rings is 1. The van der Waals surface area contributed by atoms with Gasteiger partial charge >= 0.3 is 0 Å². The number of benzene rings is 1. The summed E-state index contributed by atoms with van der Waals surface area (Å²) in [4.78, 5) is 7.91. The molecule has 0 N–H and O–H groups in total. The first-order chi connectivity index (χ1) is 12.0. The Morgan fingerprint density at radius 3 is 2.88 bits per heavy atom. The molecule has 2 aromatic rings. The summed E-state index contributed by atoms with van der Waals surface area (Å²) in [6, 6.07) is 6.20. The SMILES string of the molecule is COc1ccc(Cl)cc1S(=O)(=O)N1CCC[C@@H](Oc2ccncn2)C1. The number of ether oxygens (including phenoxy) is 2. The van der Waals surface area contributed by atoms with Crippen LogP contribution >= 0.6 is 11.6 Å². The first-order valence-corrected chi connectivity index (χ1v) is 9.59. The molecule has 9 heteroatoms. The summed E-state index contributed by atoms with van der Waals surface area (Å²) in [6.45, 7) is 0.656. The molecule has 0 amide bonds. The van der Waals surface area contributed by atoms with Crippen molar-refractivity contribution in [1.82, 2.24) is 14.3 Å². The first kappa shape index (κ1) is 17.9. The average Bonchev–Trinajstić information content (AvgIpc) is 2.63. The van der Waals surface area contributed by atoms with Gasteiger partial charge in [0, 0.05) is 23.8 Å². The number of aromatic nitrogens is 2. The summed E-state index contributed by atoms with van der Waals surface area (Å²) in [5.74, 6) is 0.697. The van der Waals surface area contributed by atoms with E-state index in [0.717, 1.165) is 6.42 Å². The van der Waals surface area contributed by atoms with Crippen LogP contribution in [0.1, 0.15) is 12.8 Å². The number of methoxy groups -OCH3 is 1. The van der Waals surface area contributed by atoms with E-state index in [1.807, 2.05) is 0 Å². The molecule has 1 fully saturated rings. The molecule has 25 heavy (non-hydrogen) atoms. The zero-order valence-corrected chi connectivity index (χ0v) is 15.2. The lowest BCUT2D eigenvalue weighted by atomic mass is 10.1. The molecule has 0 saturated carbocycles. The van der Waals surface area contributed by atoms with Gasteiger partial charge in [0.15, 0.2) is 0 Å². The van der Waals surface area contributed by atoms with Gasteiger partial charge in [0.05, 0.1) is 13.7 Å². The Kier molecular flexibility index (Phi) is 5.41. The van der Waals surface area contributed by atoms with E-state index in [9.17, 15) is 8.42 Å². The summed E-state index contributed by atoms with van der Waals surface area (Å²) in [5.41, 5.74) is 0. The van der Waals surface area contributed by atoms with Crippen LogP contribution in [0.4, 0.5) is 0 Å². The van der Waals surface area contributed by atoms with Crippen molar-refractivity contribution in [3.8, 4) is 11.6 Å². The van der Waals surface area contributed by atoms with Gasteiger partial charge in [0.1, 0.15) is 23.1 Å². The van der Waals surface area contributed by atoms with E-state index in [0.29, 0.717) is 23.9 Å². The fourth-order valence-electron chi connectivity index (χ4n) is 2.73. The molecule has 1 aromatic heterocycles. The van der Waals surface area contributed by atoms with Crippen molar-refractivity contribution in [3.63, 3.8) is 0 Å². The van der Waals surface area contributed by atoms with E-state index >= 15 is 0 Å². The van der Waals surface area contributed by atoms with Crippen molar-refractivity contribution >= 4 is 21.6 Å². The molecule has 0 unspecified atom stereocenters. The van der Waals surface area contributed by atoms with Crippen molar-refractivity contribution in [3.05, 3.63) is 41.8 Å². The van der Waals surface area contributed by atoms with Crippen LogP contribution in [0.3, 0.4) is 0 Å². The van der Waals surface area contributed by atoms with Gasteiger partial charge in [-0.2, -0.15) is 4.31 Å². The van der Waals surface area contributed by atoms with Gasteiger partial charge in [-0.25, -0.2) is 18.4 Å². The van der Waals surface area contributed by atoms with Crippen molar-refractivity contribution in [2.45, 2.75) is 23.8 Å². The quantitative estimate of drug-likeness (QED) is 0.788. The van der Waals surface area contributed by atoms with Crippen LogP contribution in [0.2, 0.25) is 5.02 Å². The molecule has 0 bridgehead atoms. The van der Waals surface area contributed by atoms with Crippen molar-refractivity contribution in [1.29, 1.82) is 0 Å². The zero-order chi connectivity index (χ0) is 17.9. The second-order valence-electron chi connectivity index (χ2n) is 5.59. The highest BCUT2D eigenvalue weighted by Crippen LogP contribution is 2.31. The molecule has 1 aromatic carbocycles. The third-order valence-corrected chi connectivity index (χ3v) is 6.05. The lowest BCUT2D eigenvalue weighted by Crippen LogP contribution is -2.44. The Morgan fingerprint density at radius 2 is 2.16 bits per heavy atom. The summed E-state index contributed by atoms with van der Waals surface area (Å²) >= 11 is 5.98. The Bertz CT molecular complexity index is 833.